The minimum absolute atomic E-state index is 0.562. The van der Waals surface area contributed by atoms with E-state index in [0.29, 0.717) is 6.61 Å². The van der Waals surface area contributed by atoms with Crippen molar-refractivity contribution in [1.82, 2.24) is 0 Å². The van der Waals surface area contributed by atoms with Gasteiger partial charge in [-0.15, -0.1) is 0 Å². The zero-order chi connectivity index (χ0) is 13.1. The standard InChI is InChI=1S/C13H10I3NO/c14-9-5-11(15)13(12(16)6-9)18-7-8-1-3-10(17)4-2-8/h1-6H,7,17H2. The predicted octanol–water partition coefficient (Wildman–Crippen LogP) is 4.66. The van der Waals surface area contributed by atoms with Crippen LogP contribution in [0.25, 0.3) is 0 Å². The summed E-state index contributed by atoms with van der Waals surface area (Å²) in [7, 11) is 0. The molecule has 0 radical (unpaired) electrons. The third-order valence-corrected chi connectivity index (χ3v) is 4.55. The molecule has 0 saturated heterocycles. The molecule has 0 aromatic heterocycles. The molecular weight excluding hydrogens is 567 g/mol. The van der Waals surface area contributed by atoms with E-state index in [4.69, 9.17) is 10.5 Å². The van der Waals surface area contributed by atoms with Crippen molar-refractivity contribution < 1.29 is 4.74 Å². The Hall–Kier alpha value is 0.230. The number of nitrogens with two attached hydrogens (primary N) is 1. The average Bonchev–Trinajstić information content (AvgIpc) is 2.30. The molecule has 2 aromatic rings. The van der Waals surface area contributed by atoms with Gasteiger partial charge in [0.15, 0.2) is 0 Å². The van der Waals surface area contributed by atoms with E-state index in [9.17, 15) is 0 Å². The average molecular weight is 577 g/mol. The molecule has 0 spiro atoms. The summed E-state index contributed by atoms with van der Waals surface area (Å²) in [5.74, 6) is 0.952. The van der Waals surface area contributed by atoms with Crippen molar-refractivity contribution in [1.29, 1.82) is 0 Å². The van der Waals surface area contributed by atoms with Crippen LogP contribution in [-0.2, 0) is 6.61 Å². The molecule has 2 N–H and O–H groups in total. The van der Waals surface area contributed by atoms with E-state index in [0.717, 1.165) is 24.1 Å². The van der Waals surface area contributed by atoms with Gasteiger partial charge in [-0.3, -0.25) is 0 Å². The first-order valence-electron chi connectivity index (χ1n) is 5.18. The normalized spacial score (nSPS) is 10.4. The smallest absolute Gasteiger partial charge is 0.146 e. The summed E-state index contributed by atoms with van der Waals surface area (Å²) in [5.41, 5.74) is 7.55. The Bertz CT molecular complexity index is 532. The molecule has 0 heterocycles. The van der Waals surface area contributed by atoms with E-state index in [-0.39, 0.29) is 0 Å². The molecule has 2 rings (SSSR count). The summed E-state index contributed by atoms with van der Waals surface area (Å²) in [5, 5.41) is 0. The lowest BCUT2D eigenvalue weighted by atomic mass is 10.2. The molecule has 18 heavy (non-hydrogen) atoms. The molecule has 94 valence electrons. The monoisotopic (exact) mass is 577 g/mol. The number of nitrogen functional groups attached to an aromatic ring is 1. The highest BCUT2D eigenvalue weighted by molar-refractivity contribution is 14.1. The second-order valence-electron chi connectivity index (χ2n) is 3.73. The van der Waals surface area contributed by atoms with Gasteiger partial charge in [0.05, 0.1) is 7.14 Å². The van der Waals surface area contributed by atoms with Crippen molar-refractivity contribution >= 4 is 73.5 Å². The van der Waals surface area contributed by atoms with E-state index in [1.54, 1.807) is 0 Å². The molecule has 0 aliphatic heterocycles. The number of anilines is 1. The molecule has 0 bridgehead atoms. The van der Waals surface area contributed by atoms with Crippen LogP contribution >= 0.6 is 67.8 Å². The first-order chi connectivity index (χ1) is 8.56. The van der Waals surface area contributed by atoms with Gasteiger partial charge in [-0.05, 0) is 97.6 Å². The van der Waals surface area contributed by atoms with Gasteiger partial charge in [0, 0.05) is 9.26 Å². The molecule has 0 atom stereocenters. The van der Waals surface area contributed by atoms with E-state index in [1.165, 1.54) is 3.57 Å². The van der Waals surface area contributed by atoms with Crippen molar-refractivity contribution in [3.8, 4) is 5.75 Å². The Morgan fingerprint density at radius 1 is 0.944 bits per heavy atom. The quantitative estimate of drug-likeness (QED) is 0.426. The minimum Gasteiger partial charge on any atom is -0.487 e. The summed E-state index contributed by atoms with van der Waals surface area (Å²) < 4.78 is 9.39. The van der Waals surface area contributed by atoms with E-state index < -0.39 is 0 Å². The predicted molar refractivity (Wildman–Crippen MR) is 99.8 cm³/mol. The minimum atomic E-state index is 0.562. The van der Waals surface area contributed by atoms with Crippen LogP contribution in [-0.4, -0.2) is 0 Å². The van der Waals surface area contributed by atoms with Crippen molar-refractivity contribution in [2.75, 3.05) is 5.73 Å². The van der Waals surface area contributed by atoms with Crippen LogP contribution in [0.15, 0.2) is 36.4 Å². The van der Waals surface area contributed by atoms with Gasteiger partial charge >= 0.3 is 0 Å². The maximum atomic E-state index is 5.89. The Morgan fingerprint density at radius 3 is 2.06 bits per heavy atom. The lowest BCUT2D eigenvalue weighted by molar-refractivity contribution is 0.301. The van der Waals surface area contributed by atoms with Crippen molar-refractivity contribution in [2.45, 2.75) is 6.61 Å². The highest BCUT2D eigenvalue weighted by Gasteiger charge is 2.08. The van der Waals surface area contributed by atoms with Gasteiger partial charge in [-0.25, -0.2) is 0 Å². The lowest BCUT2D eigenvalue weighted by Crippen LogP contribution is -1.99. The lowest BCUT2D eigenvalue weighted by Gasteiger charge is -2.11. The molecule has 2 aromatic carbocycles. The summed E-state index contributed by atoms with van der Waals surface area (Å²) in [6, 6.07) is 12.0. The molecule has 2 nitrogen and oxygen atoms in total. The second-order valence-corrected chi connectivity index (χ2v) is 7.30. The highest BCUT2D eigenvalue weighted by atomic mass is 127. The molecule has 0 saturated carbocycles. The maximum Gasteiger partial charge on any atom is 0.146 e. The van der Waals surface area contributed by atoms with Gasteiger partial charge in [-0.2, -0.15) is 0 Å². The SMILES string of the molecule is Nc1ccc(COc2c(I)cc(I)cc2I)cc1. The van der Waals surface area contributed by atoms with Crippen molar-refractivity contribution in [2.24, 2.45) is 0 Å². The van der Waals surface area contributed by atoms with Crippen LogP contribution in [0.1, 0.15) is 5.56 Å². The first-order valence-corrected chi connectivity index (χ1v) is 8.41. The van der Waals surface area contributed by atoms with Crippen molar-refractivity contribution in [3.05, 3.63) is 52.7 Å². The summed E-state index contributed by atoms with van der Waals surface area (Å²) in [4.78, 5) is 0. The van der Waals surface area contributed by atoms with Crippen LogP contribution in [0.2, 0.25) is 0 Å². The van der Waals surface area contributed by atoms with E-state index in [2.05, 4.69) is 79.9 Å². The van der Waals surface area contributed by atoms with Crippen LogP contribution in [0, 0.1) is 10.7 Å². The maximum absolute atomic E-state index is 5.89. The summed E-state index contributed by atoms with van der Waals surface area (Å²) >= 11 is 6.92. The Kier molecular flexibility index (Phi) is 5.36. The molecular formula is C13H10I3NO. The zero-order valence-electron chi connectivity index (χ0n) is 9.29. The summed E-state index contributed by atoms with van der Waals surface area (Å²) in [6.45, 7) is 0.562. The Balaban J connectivity index is 2.13. The van der Waals surface area contributed by atoms with Crippen LogP contribution in [0.5, 0.6) is 5.75 Å². The molecule has 0 amide bonds. The third kappa shape index (κ3) is 3.86. The van der Waals surface area contributed by atoms with Crippen LogP contribution in [0.3, 0.4) is 0 Å². The molecule has 0 aliphatic rings. The molecule has 0 fully saturated rings. The Morgan fingerprint density at radius 2 is 1.50 bits per heavy atom. The fraction of sp³-hybridized carbons (Fsp3) is 0.0769. The van der Waals surface area contributed by atoms with Crippen molar-refractivity contribution in [3.63, 3.8) is 0 Å². The van der Waals surface area contributed by atoms with Crippen LogP contribution < -0.4 is 10.5 Å². The van der Waals surface area contributed by atoms with E-state index in [1.807, 2.05) is 24.3 Å². The van der Waals surface area contributed by atoms with Gasteiger partial charge in [-0.1, -0.05) is 12.1 Å². The number of hydrogen-bond donors (Lipinski definition) is 1. The third-order valence-electron chi connectivity index (χ3n) is 2.33. The number of ether oxygens (including phenoxy) is 1. The topological polar surface area (TPSA) is 35.2 Å². The first kappa shape index (κ1) is 14.6. The van der Waals surface area contributed by atoms with Gasteiger partial charge < -0.3 is 10.5 Å². The number of hydrogen-bond acceptors (Lipinski definition) is 2. The van der Waals surface area contributed by atoms with Gasteiger partial charge in [0.1, 0.15) is 12.4 Å². The molecule has 0 aliphatic carbocycles. The number of benzene rings is 2. The van der Waals surface area contributed by atoms with Crippen LogP contribution in [0.4, 0.5) is 5.69 Å². The molecule has 0 unspecified atom stereocenters. The van der Waals surface area contributed by atoms with Gasteiger partial charge in [0.2, 0.25) is 0 Å². The largest absolute Gasteiger partial charge is 0.487 e. The fourth-order valence-electron chi connectivity index (χ4n) is 1.44. The zero-order valence-corrected chi connectivity index (χ0v) is 15.8. The van der Waals surface area contributed by atoms with Gasteiger partial charge in [0.25, 0.3) is 0 Å². The fourth-order valence-corrected chi connectivity index (χ4v) is 5.33. The Labute approximate surface area is 147 Å². The summed E-state index contributed by atoms with van der Waals surface area (Å²) in [6.07, 6.45) is 0. The number of halogens is 3. The van der Waals surface area contributed by atoms with E-state index >= 15 is 0 Å². The highest BCUT2D eigenvalue weighted by Crippen LogP contribution is 2.30. The second kappa shape index (κ2) is 6.60. The number of rotatable bonds is 3. The molecule has 5 heteroatoms.